The second-order valence-corrected chi connectivity index (χ2v) is 5.53. The van der Waals surface area contributed by atoms with Crippen LogP contribution in [0.4, 0.5) is 0 Å². The first-order valence-corrected chi connectivity index (χ1v) is 6.72. The molecule has 0 bridgehead atoms. The number of carbonyl (C=O) groups is 1. The molecular formula is C12H17NO2S. The predicted octanol–water partition coefficient (Wildman–Crippen LogP) is 3.06. The van der Waals surface area contributed by atoms with Gasteiger partial charge in [0.2, 0.25) is 0 Å². The number of hydrogen-bond acceptors (Lipinski definition) is 3. The predicted molar refractivity (Wildman–Crippen MR) is 63.8 cm³/mol. The van der Waals surface area contributed by atoms with Gasteiger partial charge in [-0.25, -0.2) is 4.98 Å². The lowest BCUT2D eigenvalue weighted by Crippen LogP contribution is -2.12. The third-order valence-corrected chi connectivity index (χ3v) is 4.13. The molecule has 1 N–H and O–H groups in total. The number of aromatic nitrogens is 1. The summed E-state index contributed by atoms with van der Waals surface area (Å²) in [5.74, 6) is -0.440. The Kier molecular flexibility index (Phi) is 3.59. The fourth-order valence-electron chi connectivity index (χ4n) is 2.18. The van der Waals surface area contributed by atoms with Gasteiger partial charge in [-0.3, -0.25) is 4.79 Å². The van der Waals surface area contributed by atoms with E-state index in [-0.39, 0.29) is 5.92 Å². The number of thiazole rings is 1. The van der Waals surface area contributed by atoms with Crippen LogP contribution < -0.4 is 0 Å². The van der Waals surface area contributed by atoms with Gasteiger partial charge in [-0.1, -0.05) is 19.8 Å². The van der Waals surface area contributed by atoms with Crippen LogP contribution in [0.2, 0.25) is 0 Å². The lowest BCUT2D eigenvalue weighted by Gasteiger charge is -2.04. The number of rotatable bonds is 4. The van der Waals surface area contributed by atoms with Crippen molar-refractivity contribution in [2.45, 2.75) is 44.9 Å². The molecule has 0 spiro atoms. The summed E-state index contributed by atoms with van der Waals surface area (Å²) in [6.07, 6.45) is 5.67. The first-order chi connectivity index (χ1) is 7.66. The lowest BCUT2D eigenvalue weighted by molar-refractivity contribution is -0.141. The van der Waals surface area contributed by atoms with Crippen LogP contribution in [0.3, 0.4) is 0 Å². The highest BCUT2D eigenvalue weighted by atomic mass is 32.1. The molecule has 0 aromatic carbocycles. The highest BCUT2D eigenvalue weighted by Gasteiger charge is 2.20. The third kappa shape index (κ3) is 2.61. The Morgan fingerprint density at radius 2 is 2.31 bits per heavy atom. The van der Waals surface area contributed by atoms with Crippen LogP contribution >= 0.6 is 11.3 Å². The zero-order valence-electron chi connectivity index (χ0n) is 9.48. The van der Waals surface area contributed by atoms with Crippen molar-refractivity contribution in [1.82, 2.24) is 4.98 Å². The second kappa shape index (κ2) is 4.95. The molecule has 1 aromatic heterocycles. The third-order valence-electron chi connectivity index (χ3n) is 3.25. The number of carboxylic acid groups (broad SMARTS) is 1. The van der Waals surface area contributed by atoms with Crippen LogP contribution in [0.25, 0.3) is 0 Å². The molecule has 0 amide bonds. The van der Waals surface area contributed by atoms with E-state index in [1.807, 2.05) is 0 Å². The van der Waals surface area contributed by atoms with E-state index in [2.05, 4.69) is 10.4 Å². The van der Waals surface area contributed by atoms with Gasteiger partial charge in [-0.2, -0.15) is 0 Å². The molecule has 1 aliphatic carbocycles. The number of carboxylic acids is 1. The molecule has 1 fully saturated rings. The van der Waals surface area contributed by atoms with Gasteiger partial charge in [0.05, 0.1) is 16.6 Å². The van der Waals surface area contributed by atoms with Gasteiger partial charge in [0, 0.05) is 17.7 Å². The van der Waals surface area contributed by atoms with Gasteiger partial charge in [0.1, 0.15) is 0 Å². The lowest BCUT2D eigenvalue weighted by atomic mass is 10.1. The fraction of sp³-hybridized carbons (Fsp3) is 0.667. The standard InChI is InChI=1S/C12H17NO2S/c1-8(12(14)15)6-11-13-10(7-16-11)9-4-2-3-5-9/h7-9H,2-6H2,1H3,(H,14,15). The van der Waals surface area contributed by atoms with Gasteiger partial charge in [0.15, 0.2) is 0 Å². The molecule has 1 saturated carbocycles. The number of nitrogens with zero attached hydrogens (tertiary/aromatic N) is 1. The van der Waals surface area contributed by atoms with Gasteiger partial charge in [-0.15, -0.1) is 11.3 Å². The van der Waals surface area contributed by atoms with E-state index in [9.17, 15) is 4.79 Å². The van der Waals surface area contributed by atoms with E-state index in [0.717, 1.165) is 5.01 Å². The van der Waals surface area contributed by atoms with E-state index >= 15 is 0 Å². The molecule has 0 saturated heterocycles. The van der Waals surface area contributed by atoms with E-state index in [1.54, 1.807) is 18.3 Å². The van der Waals surface area contributed by atoms with Crippen molar-refractivity contribution in [2.75, 3.05) is 0 Å². The topological polar surface area (TPSA) is 50.2 Å². The highest BCUT2D eigenvalue weighted by Crippen LogP contribution is 2.34. The van der Waals surface area contributed by atoms with Crippen LogP contribution in [0.5, 0.6) is 0 Å². The molecule has 0 radical (unpaired) electrons. The van der Waals surface area contributed by atoms with Crippen molar-refractivity contribution in [3.63, 3.8) is 0 Å². The Morgan fingerprint density at radius 1 is 1.62 bits per heavy atom. The van der Waals surface area contributed by atoms with Crippen molar-refractivity contribution in [3.8, 4) is 0 Å². The molecule has 3 nitrogen and oxygen atoms in total. The Bertz CT molecular complexity index is 369. The van der Waals surface area contributed by atoms with Crippen LogP contribution in [0.1, 0.15) is 49.2 Å². The molecule has 1 aromatic rings. The first kappa shape index (κ1) is 11.6. The Balaban J connectivity index is 1.99. The highest BCUT2D eigenvalue weighted by molar-refractivity contribution is 7.09. The number of hydrogen-bond donors (Lipinski definition) is 1. The molecule has 16 heavy (non-hydrogen) atoms. The summed E-state index contributed by atoms with van der Waals surface area (Å²) < 4.78 is 0. The van der Waals surface area contributed by atoms with E-state index < -0.39 is 5.97 Å². The molecule has 0 aliphatic heterocycles. The van der Waals surface area contributed by atoms with Crippen molar-refractivity contribution in [3.05, 3.63) is 16.1 Å². The maximum Gasteiger partial charge on any atom is 0.306 e. The Hall–Kier alpha value is -0.900. The van der Waals surface area contributed by atoms with Gasteiger partial charge in [0.25, 0.3) is 0 Å². The average molecular weight is 239 g/mol. The van der Waals surface area contributed by atoms with Crippen LogP contribution in [-0.2, 0) is 11.2 Å². The molecule has 1 heterocycles. The van der Waals surface area contributed by atoms with E-state index in [4.69, 9.17) is 5.11 Å². The minimum Gasteiger partial charge on any atom is -0.481 e. The summed E-state index contributed by atoms with van der Waals surface area (Å²) in [6, 6.07) is 0. The van der Waals surface area contributed by atoms with Gasteiger partial charge in [-0.05, 0) is 12.8 Å². The second-order valence-electron chi connectivity index (χ2n) is 4.59. The summed E-state index contributed by atoms with van der Waals surface area (Å²) in [6.45, 7) is 1.74. The molecular weight excluding hydrogens is 222 g/mol. The summed E-state index contributed by atoms with van der Waals surface area (Å²) in [5.41, 5.74) is 1.19. The zero-order valence-corrected chi connectivity index (χ0v) is 10.3. The summed E-state index contributed by atoms with van der Waals surface area (Å²) in [5, 5.41) is 11.9. The van der Waals surface area contributed by atoms with E-state index in [1.165, 1.54) is 31.4 Å². The van der Waals surface area contributed by atoms with Crippen molar-refractivity contribution < 1.29 is 9.90 Å². The van der Waals surface area contributed by atoms with Crippen molar-refractivity contribution >= 4 is 17.3 Å². The largest absolute Gasteiger partial charge is 0.481 e. The molecule has 4 heteroatoms. The van der Waals surface area contributed by atoms with E-state index in [0.29, 0.717) is 12.3 Å². The minimum atomic E-state index is -0.738. The SMILES string of the molecule is CC(Cc1nc(C2CCCC2)cs1)C(=O)O. The zero-order chi connectivity index (χ0) is 11.5. The van der Waals surface area contributed by atoms with Crippen LogP contribution in [-0.4, -0.2) is 16.1 Å². The maximum absolute atomic E-state index is 10.7. The smallest absolute Gasteiger partial charge is 0.306 e. The van der Waals surface area contributed by atoms with Crippen molar-refractivity contribution in [1.29, 1.82) is 0 Å². The van der Waals surface area contributed by atoms with Gasteiger partial charge >= 0.3 is 5.97 Å². The molecule has 88 valence electrons. The minimum absolute atomic E-state index is 0.331. The maximum atomic E-state index is 10.7. The summed E-state index contributed by atoms with van der Waals surface area (Å²) in [4.78, 5) is 15.3. The molecule has 1 unspecified atom stereocenters. The quantitative estimate of drug-likeness (QED) is 0.878. The van der Waals surface area contributed by atoms with Crippen LogP contribution in [0, 0.1) is 5.92 Å². The molecule has 2 rings (SSSR count). The fourth-order valence-corrected chi connectivity index (χ4v) is 3.18. The summed E-state index contributed by atoms with van der Waals surface area (Å²) in [7, 11) is 0. The average Bonchev–Trinajstić information content (AvgIpc) is 2.85. The Morgan fingerprint density at radius 3 is 2.94 bits per heavy atom. The first-order valence-electron chi connectivity index (χ1n) is 5.84. The molecule has 1 atom stereocenters. The summed E-state index contributed by atoms with van der Waals surface area (Å²) >= 11 is 1.61. The van der Waals surface area contributed by atoms with Gasteiger partial charge < -0.3 is 5.11 Å². The monoisotopic (exact) mass is 239 g/mol. The number of aliphatic carboxylic acids is 1. The van der Waals surface area contributed by atoms with Crippen LogP contribution in [0.15, 0.2) is 5.38 Å². The Labute approximate surface area is 99.5 Å². The normalized spacial score (nSPS) is 18.8. The van der Waals surface area contributed by atoms with Crippen molar-refractivity contribution in [2.24, 2.45) is 5.92 Å². The molecule has 1 aliphatic rings.